The van der Waals surface area contributed by atoms with Crippen LogP contribution in [0.2, 0.25) is 0 Å². The fourth-order valence-electron chi connectivity index (χ4n) is 2.23. The molecule has 0 aromatic carbocycles. The van der Waals surface area contributed by atoms with E-state index >= 15 is 0 Å². The Kier molecular flexibility index (Phi) is 4.39. The van der Waals surface area contributed by atoms with Gasteiger partial charge in [0.25, 0.3) is 0 Å². The first-order valence-electron chi connectivity index (χ1n) is 6.76. The minimum absolute atomic E-state index is 0.0650. The first-order chi connectivity index (χ1) is 9.29. The minimum Gasteiger partial charge on any atom is -0.323 e. The van der Waals surface area contributed by atoms with E-state index < -0.39 is 0 Å². The van der Waals surface area contributed by atoms with Crippen LogP contribution in [0.3, 0.4) is 0 Å². The SMILES string of the molecule is CN1CCN(C(=O)Nc2cn(C)nc2Br)CCC1(C)C. The highest BCUT2D eigenvalue weighted by atomic mass is 79.9. The van der Waals surface area contributed by atoms with Gasteiger partial charge in [0.05, 0.1) is 5.69 Å². The van der Waals surface area contributed by atoms with Crippen LogP contribution in [0.15, 0.2) is 10.8 Å². The number of nitrogens with one attached hydrogen (secondary N) is 1. The molecule has 2 amide bonds. The van der Waals surface area contributed by atoms with Crippen LogP contribution in [0, 0.1) is 0 Å². The summed E-state index contributed by atoms with van der Waals surface area (Å²) in [5, 5.41) is 7.06. The zero-order valence-corrected chi connectivity index (χ0v) is 14.1. The lowest BCUT2D eigenvalue weighted by atomic mass is 9.99. The van der Waals surface area contributed by atoms with E-state index in [-0.39, 0.29) is 11.6 Å². The van der Waals surface area contributed by atoms with E-state index in [2.05, 4.69) is 52.1 Å². The lowest BCUT2D eigenvalue weighted by Gasteiger charge is -2.32. The van der Waals surface area contributed by atoms with Crippen LogP contribution >= 0.6 is 15.9 Å². The van der Waals surface area contributed by atoms with Gasteiger partial charge in [-0.05, 0) is 43.2 Å². The summed E-state index contributed by atoms with van der Waals surface area (Å²) in [6.07, 6.45) is 2.75. The van der Waals surface area contributed by atoms with Gasteiger partial charge in [-0.1, -0.05) is 0 Å². The predicted octanol–water partition coefficient (Wildman–Crippen LogP) is 2.13. The molecule has 0 saturated carbocycles. The van der Waals surface area contributed by atoms with E-state index in [1.54, 1.807) is 10.9 Å². The number of urea groups is 1. The van der Waals surface area contributed by atoms with Crippen molar-refractivity contribution in [3.63, 3.8) is 0 Å². The summed E-state index contributed by atoms with van der Waals surface area (Å²) >= 11 is 3.34. The molecule has 0 radical (unpaired) electrons. The lowest BCUT2D eigenvalue weighted by molar-refractivity contribution is 0.166. The second-order valence-electron chi connectivity index (χ2n) is 5.91. The summed E-state index contributed by atoms with van der Waals surface area (Å²) in [5.74, 6) is 0. The molecular weight excluding hydrogens is 322 g/mol. The zero-order chi connectivity index (χ0) is 14.9. The van der Waals surface area contributed by atoms with Crippen LogP contribution in [-0.4, -0.2) is 57.8 Å². The van der Waals surface area contributed by atoms with Crippen LogP contribution in [-0.2, 0) is 7.05 Å². The molecule has 0 spiro atoms. The Hall–Kier alpha value is -1.08. The van der Waals surface area contributed by atoms with Gasteiger partial charge in [0.1, 0.15) is 0 Å². The maximum absolute atomic E-state index is 12.3. The van der Waals surface area contributed by atoms with Crippen molar-refractivity contribution in [2.45, 2.75) is 25.8 Å². The monoisotopic (exact) mass is 343 g/mol. The van der Waals surface area contributed by atoms with Gasteiger partial charge in [0.2, 0.25) is 0 Å². The Morgan fingerprint density at radius 3 is 2.65 bits per heavy atom. The maximum atomic E-state index is 12.3. The largest absolute Gasteiger partial charge is 0.323 e. The third-order valence-electron chi connectivity index (χ3n) is 4.04. The van der Waals surface area contributed by atoms with Gasteiger partial charge in [0, 0.05) is 38.4 Å². The van der Waals surface area contributed by atoms with Crippen molar-refractivity contribution >= 4 is 27.6 Å². The number of aryl methyl sites for hydroxylation is 1. The van der Waals surface area contributed by atoms with Gasteiger partial charge < -0.3 is 10.2 Å². The molecule has 112 valence electrons. The number of hydrogen-bond donors (Lipinski definition) is 1. The van der Waals surface area contributed by atoms with Crippen LogP contribution in [0.5, 0.6) is 0 Å². The normalized spacial score (nSPS) is 19.8. The molecule has 1 aromatic heterocycles. The highest BCUT2D eigenvalue weighted by molar-refractivity contribution is 9.10. The predicted molar refractivity (Wildman–Crippen MR) is 82.8 cm³/mol. The smallest absolute Gasteiger partial charge is 0.322 e. The first kappa shape index (κ1) is 15.3. The van der Waals surface area contributed by atoms with E-state index in [1.165, 1.54) is 0 Å². The Morgan fingerprint density at radius 1 is 1.35 bits per heavy atom. The van der Waals surface area contributed by atoms with Gasteiger partial charge in [0.15, 0.2) is 4.60 Å². The number of amides is 2. The van der Waals surface area contributed by atoms with Gasteiger partial charge in [-0.25, -0.2) is 4.79 Å². The number of rotatable bonds is 1. The van der Waals surface area contributed by atoms with Crippen molar-refractivity contribution < 1.29 is 4.79 Å². The summed E-state index contributed by atoms with van der Waals surface area (Å²) in [5.41, 5.74) is 0.832. The Labute approximate surface area is 128 Å². The van der Waals surface area contributed by atoms with Crippen molar-refractivity contribution in [1.29, 1.82) is 0 Å². The van der Waals surface area contributed by atoms with Crippen molar-refractivity contribution in [3.05, 3.63) is 10.8 Å². The Morgan fingerprint density at radius 2 is 2.05 bits per heavy atom. The Bertz CT molecular complexity index is 499. The maximum Gasteiger partial charge on any atom is 0.322 e. The summed E-state index contributed by atoms with van der Waals surface area (Å²) in [6.45, 7) is 6.82. The molecule has 7 heteroatoms. The molecule has 0 aliphatic carbocycles. The third kappa shape index (κ3) is 3.32. The molecule has 1 fully saturated rings. The van der Waals surface area contributed by atoms with Crippen LogP contribution < -0.4 is 5.32 Å². The third-order valence-corrected chi connectivity index (χ3v) is 4.63. The van der Waals surface area contributed by atoms with E-state index in [1.807, 2.05) is 11.9 Å². The molecule has 0 unspecified atom stereocenters. The quantitative estimate of drug-likeness (QED) is 0.849. The molecule has 20 heavy (non-hydrogen) atoms. The van der Waals surface area contributed by atoms with Crippen LogP contribution in [0.1, 0.15) is 20.3 Å². The molecule has 0 atom stereocenters. The van der Waals surface area contributed by atoms with E-state index in [4.69, 9.17) is 0 Å². The zero-order valence-electron chi connectivity index (χ0n) is 12.5. The van der Waals surface area contributed by atoms with E-state index in [0.29, 0.717) is 10.3 Å². The van der Waals surface area contributed by atoms with Crippen molar-refractivity contribution in [2.75, 3.05) is 32.0 Å². The summed E-state index contributed by atoms with van der Waals surface area (Å²) in [7, 11) is 3.93. The number of halogens is 1. The number of nitrogens with zero attached hydrogens (tertiary/aromatic N) is 4. The molecule has 6 nitrogen and oxygen atoms in total. The van der Waals surface area contributed by atoms with Crippen LogP contribution in [0.4, 0.5) is 10.5 Å². The topological polar surface area (TPSA) is 53.4 Å². The fraction of sp³-hybridized carbons (Fsp3) is 0.692. The number of anilines is 1. The van der Waals surface area contributed by atoms with Gasteiger partial charge in [-0.3, -0.25) is 9.58 Å². The van der Waals surface area contributed by atoms with Crippen molar-refractivity contribution in [1.82, 2.24) is 19.6 Å². The molecule has 1 saturated heterocycles. The summed E-state index contributed by atoms with van der Waals surface area (Å²) < 4.78 is 2.32. The average Bonchev–Trinajstić information content (AvgIpc) is 2.59. The van der Waals surface area contributed by atoms with E-state index in [0.717, 1.165) is 26.1 Å². The second kappa shape index (κ2) is 5.73. The van der Waals surface area contributed by atoms with Crippen molar-refractivity contribution in [3.8, 4) is 0 Å². The van der Waals surface area contributed by atoms with E-state index in [9.17, 15) is 4.79 Å². The summed E-state index contributed by atoms with van der Waals surface area (Å²) in [4.78, 5) is 16.5. The average molecular weight is 344 g/mol. The minimum atomic E-state index is -0.0650. The second-order valence-corrected chi connectivity index (χ2v) is 6.66. The number of hydrogen-bond acceptors (Lipinski definition) is 3. The summed E-state index contributed by atoms with van der Waals surface area (Å²) in [6, 6.07) is -0.0650. The molecular formula is C13H22BrN5O. The molecule has 2 heterocycles. The number of carbonyl (C=O) groups excluding carboxylic acids is 1. The molecule has 1 aliphatic rings. The number of aromatic nitrogens is 2. The highest BCUT2D eigenvalue weighted by Crippen LogP contribution is 2.22. The van der Waals surface area contributed by atoms with Gasteiger partial charge >= 0.3 is 6.03 Å². The number of carbonyl (C=O) groups is 1. The molecule has 0 bridgehead atoms. The standard InChI is InChI=1S/C13H22BrN5O/c1-13(2)5-6-19(8-7-17(13)3)12(20)15-10-9-18(4)16-11(10)14/h9H,5-8H2,1-4H3,(H,15,20). The molecule has 2 rings (SSSR count). The first-order valence-corrected chi connectivity index (χ1v) is 7.55. The highest BCUT2D eigenvalue weighted by Gasteiger charge is 2.29. The lowest BCUT2D eigenvalue weighted by Crippen LogP contribution is -2.41. The number of likely N-dealkylation sites (N-methyl/N-ethyl adjacent to an activating group) is 1. The fourth-order valence-corrected chi connectivity index (χ4v) is 2.68. The van der Waals surface area contributed by atoms with Crippen LogP contribution in [0.25, 0.3) is 0 Å². The molecule has 1 aromatic rings. The van der Waals surface area contributed by atoms with Crippen molar-refractivity contribution in [2.24, 2.45) is 7.05 Å². The Balaban J connectivity index is 2.01. The van der Waals surface area contributed by atoms with Gasteiger partial charge in [-0.2, -0.15) is 5.10 Å². The molecule has 1 N–H and O–H groups in total. The van der Waals surface area contributed by atoms with Gasteiger partial charge in [-0.15, -0.1) is 0 Å². The molecule has 1 aliphatic heterocycles.